The number of fused-ring (bicyclic) bond motifs is 2. The van der Waals surface area contributed by atoms with Gasteiger partial charge in [0.05, 0.1) is 5.69 Å². The minimum absolute atomic E-state index is 0.155. The lowest BCUT2D eigenvalue weighted by atomic mass is 10.0. The summed E-state index contributed by atoms with van der Waals surface area (Å²) in [5.74, 6) is -0.0501. The molecule has 0 saturated carbocycles. The van der Waals surface area contributed by atoms with Gasteiger partial charge in [0.2, 0.25) is 11.8 Å². The van der Waals surface area contributed by atoms with Gasteiger partial charge in [0, 0.05) is 38.2 Å². The van der Waals surface area contributed by atoms with Gasteiger partial charge in [-0.15, -0.1) is 0 Å². The first-order valence-corrected chi connectivity index (χ1v) is 9.79. The monoisotopic (exact) mass is 391 g/mol. The van der Waals surface area contributed by atoms with Crippen LogP contribution < -0.4 is 16.0 Å². The molecule has 4 heterocycles. The summed E-state index contributed by atoms with van der Waals surface area (Å²) in [6, 6.07) is 9.19. The summed E-state index contributed by atoms with van der Waals surface area (Å²) in [6.45, 7) is 2.47. The number of nitrogens with zero attached hydrogens (tertiary/aromatic N) is 2. The number of rotatable bonds is 4. The number of hydrogen-bond acceptors (Lipinski definition) is 6. The molecule has 1 unspecified atom stereocenters. The van der Waals surface area contributed by atoms with Gasteiger partial charge in [-0.05, 0) is 29.2 Å². The van der Waals surface area contributed by atoms with Gasteiger partial charge in [-0.2, -0.15) is 0 Å². The largest absolute Gasteiger partial charge is 0.366 e. The topological polar surface area (TPSA) is 103 Å². The van der Waals surface area contributed by atoms with Gasteiger partial charge >= 0.3 is 0 Å². The average Bonchev–Trinajstić information content (AvgIpc) is 3.31. The number of carbonyl (C=O) groups is 3. The molecule has 0 aliphatic carbocycles. The molecule has 148 valence electrons. The number of carbonyl (C=O) groups excluding carboxylic acids is 3. The Balaban J connectivity index is 1.35. The molecule has 2 aromatic rings. The zero-order chi connectivity index (χ0) is 20.0. The molecule has 8 nitrogen and oxygen atoms in total. The first-order chi connectivity index (χ1) is 14.1. The van der Waals surface area contributed by atoms with Crippen molar-refractivity contribution in [2.75, 3.05) is 5.32 Å². The van der Waals surface area contributed by atoms with Gasteiger partial charge in [-0.25, -0.2) is 4.98 Å². The maximum Gasteiger partial charge on any atom is 0.255 e. The van der Waals surface area contributed by atoms with E-state index < -0.39 is 11.9 Å². The summed E-state index contributed by atoms with van der Waals surface area (Å²) in [5.41, 5.74) is 4.69. The summed E-state index contributed by atoms with van der Waals surface area (Å²) in [4.78, 5) is 43.0. The smallest absolute Gasteiger partial charge is 0.255 e. The van der Waals surface area contributed by atoms with Gasteiger partial charge < -0.3 is 15.5 Å². The highest BCUT2D eigenvalue weighted by Gasteiger charge is 2.39. The predicted octanol–water partition coefficient (Wildman–Crippen LogP) is 1.06. The SMILES string of the molecule is O=C1CCC(N2Cc3cccc(CNc4ccc5c(n4)CNC5)c3C2=O)C(=O)N1. The van der Waals surface area contributed by atoms with Crippen molar-refractivity contribution in [2.24, 2.45) is 0 Å². The van der Waals surface area contributed by atoms with Gasteiger partial charge in [-0.1, -0.05) is 24.3 Å². The number of aromatic nitrogens is 1. The average molecular weight is 391 g/mol. The lowest BCUT2D eigenvalue weighted by Gasteiger charge is -2.29. The molecule has 0 radical (unpaired) electrons. The van der Waals surface area contributed by atoms with Crippen molar-refractivity contribution in [2.45, 2.75) is 45.1 Å². The third-order valence-corrected chi connectivity index (χ3v) is 5.78. The number of benzene rings is 1. The Morgan fingerprint density at radius 1 is 1.10 bits per heavy atom. The Hall–Kier alpha value is -3.26. The van der Waals surface area contributed by atoms with E-state index in [0.717, 1.165) is 35.7 Å². The second-order valence-electron chi connectivity index (χ2n) is 7.61. The Kier molecular flexibility index (Phi) is 4.28. The molecule has 0 bridgehead atoms. The summed E-state index contributed by atoms with van der Waals surface area (Å²) < 4.78 is 0. The van der Waals surface area contributed by atoms with Crippen LogP contribution in [0.4, 0.5) is 5.82 Å². The normalized spacial score (nSPS) is 20.5. The zero-order valence-corrected chi connectivity index (χ0v) is 15.8. The highest BCUT2D eigenvalue weighted by atomic mass is 16.2. The lowest BCUT2D eigenvalue weighted by molar-refractivity contribution is -0.136. The van der Waals surface area contributed by atoms with Crippen LogP contribution in [0.1, 0.15) is 45.6 Å². The van der Waals surface area contributed by atoms with E-state index in [0.29, 0.717) is 25.1 Å². The molecule has 1 aromatic heterocycles. The number of imide groups is 1. The number of piperidine rings is 1. The third-order valence-electron chi connectivity index (χ3n) is 5.78. The molecule has 1 atom stereocenters. The van der Waals surface area contributed by atoms with Crippen LogP contribution in [0, 0.1) is 0 Å². The Bertz CT molecular complexity index is 1030. The minimum atomic E-state index is -0.598. The minimum Gasteiger partial charge on any atom is -0.366 e. The van der Waals surface area contributed by atoms with E-state index in [-0.39, 0.29) is 18.2 Å². The van der Waals surface area contributed by atoms with Crippen molar-refractivity contribution in [3.8, 4) is 0 Å². The Morgan fingerprint density at radius 2 is 2.00 bits per heavy atom. The van der Waals surface area contributed by atoms with Crippen LogP contribution in [0.3, 0.4) is 0 Å². The van der Waals surface area contributed by atoms with E-state index in [4.69, 9.17) is 0 Å². The standard InChI is InChI=1S/C21H21N5O3/c27-18-7-5-16(20(28)25-18)26-11-14-3-1-2-13(19(14)21(26)29)9-23-17-6-4-12-8-22-10-15(12)24-17/h1-4,6,16,22H,5,7-11H2,(H,23,24)(H,25,27,28). The van der Waals surface area contributed by atoms with Crippen molar-refractivity contribution in [3.05, 3.63) is 58.3 Å². The van der Waals surface area contributed by atoms with Crippen LogP contribution in [-0.2, 0) is 35.8 Å². The van der Waals surface area contributed by atoms with Crippen LogP contribution in [0.5, 0.6) is 0 Å². The van der Waals surface area contributed by atoms with E-state index in [2.05, 4.69) is 27.0 Å². The molecule has 8 heteroatoms. The van der Waals surface area contributed by atoms with Crippen LogP contribution in [0.15, 0.2) is 30.3 Å². The van der Waals surface area contributed by atoms with E-state index in [1.165, 1.54) is 5.56 Å². The van der Waals surface area contributed by atoms with Crippen LogP contribution in [0.25, 0.3) is 0 Å². The van der Waals surface area contributed by atoms with Crippen molar-refractivity contribution >= 4 is 23.5 Å². The summed E-state index contributed by atoms with van der Waals surface area (Å²) in [5, 5.41) is 8.93. The first kappa shape index (κ1) is 17.8. The fraction of sp³-hybridized carbons (Fsp3) is 0.333. The molecule has 1 saturated heterocycles. The fourth-order valence-corrected chi connectivity index (χ4v) is 4.28. The molecule has 3 aliphatic heterocycles. The lowest BCUT2D eigenvalue weighted by Crippen LogP contribution is -2.52. The van der Waals surface area contributed by atoms with Gasteiger partial charge in [0.1, 0.15) is 11.9 Å². The van der Waals surface area contributed by atoms with Crippen LogP contribution >= 0.6 is 0 Å². The maximum atomic E-state index is 13.1. The number of pyridine rings is 1. The summed E-state index contributed by atoms with van der Waals surface area (Å²) in [6.07, 6.45) is 0.620. The fourth-order valence-electron chi connectivity index (χ4n) is 4.28. The number of hydrogen-bond donors (Lipinski definition) is 3. The van der Waals surface area contributed by atoms with E-state index in [1.807, 2.05) is 24.3 Å². The molecule has 3 N–H and O–H groups in total. The van der Waals surface area contributed by atoms with Gasteiger partial charge in [-0.3, -0.25) is 19.7 Å². The van der Waals surface area contributed by atoms with Crippen molar-refractivity contribution in [3.63, 3.8) is 0 Å². The number of amides is 3. The third kappa shape index (κ3) is 3.15. The van der Waals surface area contributed by atoms with Gasteiger partial charge in [0.15, 0.2) is 0 Å². The molecule has 3 aliphatic rings. The second-order valence-corrected chi connectivity index (χ2v) is 7.61. The number of nitrogens with one attached hydrogen (secondary N) is 3. The second kappa shape index (κ2) is 6.97. The molecule has 0 spiro atoms. The zero-order valence-electron chi connectivity index (χ0n) is 15.8. The molecule has 1 aromatic carbocycles. The highest BCUT2D eigenvalue weighted by Crippen LogP contribution is 2.30. The van der Waals surface area contributed by atoms with Gasteiger partial charge in [0.25, 0.3) is 5.91 Å². The van der Waals surface area contributed by atoms with Crippen LogP contribution in [-0.4, -0.2) is 33.6 Å². The van der Waals surface area contributed by atoms with E-state index in [1.54, 1.807) is 4.90 Å². The Labute approximate surface area is 167 Å². The first-order valence-electron chi connectivity index (χ1n) is 9.79. The van der Waals surface area contributed by atoms with E-state index >= 15 is 0 Å². The van der Waals surface area contributed by atoms with Crippen molar-refractivity contribution in [1.82, 2.24) is 20.5 Å². The molecular formula is C21H21N5O3. The Morgan fingerprint density at radius 3 is 2.86 bits per heavy atom. The predicted molar refractivity (Wildman–Crippen MR) is 105 cm³/mol. The molecule has 29 heavy (non-hydrogen) atoms. The summed E-state index contributed by atoms with van der Waals surface area (Å²) >= 11 is 0. The molecule has 3 amide bonds. The highest BCUT2D eigenvalue weighted by molar-refractivity contribution is 6.06. The van der Waals surface area contributed by atoms with Crippen molar-refractivity contribution < 1.29 is 14.4 Å². The quantitative estimate of drug-likeness (QED) is 0.674. The van der Waals surface area contributed by atoms with Crippen LogP contribution in [0.2, 0.25) is 0 Å². The molecule has 1 fully saturated rings. The summed E-state index contributed by atoms with van der Waals surface area (Å²) in [7, 11) is 0. The van der Waals surface area contributed by atoms with E-state index in [9.17, 15) is 14.4 Å². The molecular weight excluding hydrogens is 370 g/mol. The van der Waals surface area contributed by atoms with Crippen molar-refractivity contribution in [1.29, 1.82) is 0 Å². The molecule has 5 rings (SSSR count). The number of anilines is 1. The maximum absolute atomic E-state index is 13.1.